The maximum absolute atomic E-state index is 13.2. The van der Waals surface area contributed by atoms with E-state index >= 15 is 0 Å². The second-order valence-electron chi connectivity index (χ2n) is 5.52. The predicted octanol–water partition coefficient (Wildman–Crippen LogP) is 2.12. The average Bonchev–Trinajstić information content (AvgIpc) is 2.99. The molecule has 5 heteroatoms. The number of hydrogen-bond donors (Lipinski definition) is 1. The van der Waals surface area contributed by atoms with E-state index in [-0.39, 0.29) is 17.8 Å². The minimum absolute atomic E-state index is 0.0278. The fraction of sp³-hybridized carbons (Fsp3) is 0.375. The SMILES string of the molecule is Cc1nc2cc(F)ccc2cc1C(=O)N(C)C1CCNC1. The molecule has 0 spiro atoms. The lowest BCUT2D eigenvalue weighted by molar-refractivity contribution is 0.0743. The summed E-state index contributed by atoms with van der Waals surface area (Å²) in [5.41, 5.74) is 1.80. The van der Waals surface area contributed by atoms with Gasteiger partial charge in [-0.2, -0.15) is 0 Å². The van der Waals surface area contributed by atoms with Crippen molar-refractivity contribution in [3.05, 3.63) is 41.3 Å². The lowest BCUT2D eigenvalue weighted by Gasteiger charge is -2.24. The number of aromatic nitrogens is 1. The van der Waals surface area contributed by atoms with Crippen LogP contribution in [0.1, 0.15) is 22.5 Å². The number of pyridine rings is 1. The van der Waals surface area contributed by atoms with Crippen molar-refractivity contribution >= 4 is 16.8 Å². The third-order valence-corrected chi connectivity index (χ3v) is 4.10. The first-order valence-corrected chi connectivity index (χ1v) is 7.11. The van der Waals surface area contributed by atoms with Gasteiger partial charge in [-0.15, -0.1) is 0 Å². The second-order valence-corrected chi connectivity index (χ2v) is 5.52. The summed E-state index contributed by atoms with van der Waals surface area (Å²) >= 11 is 0. The van der Waals surface area contributed by atoms with Gasteiger partial charge in [0, 0.05) is 31.1 Å². The summed E-state index contributed by atoms with van der Waals surface area (Å²) in [6.45, 7) is 3.56. The molecule has 1 fully saturated rings. The molecule has 1 aliphatic heterocycles. The van der Waals surface area contributed by atoms with Gasteiger partial charge < -0.3 is 10.2 Å². The second kappa shape index (κ2) is 5.41. The maximum atomic E-state index is 13.2. The van der Waals surface area contributed by atoms with Gasteiger partial charge >= 0.3 is 0 Å². The monoisotopic (exact) mass is 287 g/mol. The molecule has 1 aliphatic rings. The number of benzene rings is 1. The zero-order valence-corrected chi connectivity index (χ0v) is 12.2. The number of rotatable bonds is 2. The van der Waals surface area contributed by atoms with Gasteiger partial charge in [-0.25, -0.2) is 4.39 Å². The van der Waals surface area contributed by atoms with Crippen LogP contribution in [0.3, 0.4) is 0 Å². The van der Waals surface area contributed by atoms with Crippen LogP contribution < -0.4 is 5.32 Å². The quantitative estimate of drug-likeness (QED) is 0.920. The van der Waals surface area contributed by atoms with Gasteiger partial charge in [-0.05, 0) is 38.1 Å². The molecule has 110 valence electrons. The van der Waals surface area contributed by atoms with Crippen molar-refractivity contribution in [3.8, 4) is 0 Å². The van der Waals surface area contributed by atoms with Gasteiger partial charge in [-0.3, -0.25) is 9.78 Å². The number of fused-ring (bicyclic) bond motifs is 1. The fourth-order valence-electron chi connectivity index (χ4n) is 2.78. The first kappa shape index (κ1) is 13.9. The van der Waals surface area contributed by atoms with E-state index < -0.39 is 0 Å². The minimum atomic E-state index is -0.317. The highest BCUT2D eigenvalue weighted by Gasteiger charge is 2.25. The lowest BCUT2D eigenvalue weighted by Crippen LogP contribution is -2.38. The summed E-state index contributed by atoms with van der Waals surface area (Å²) < 4.78 is 13.2. The number of carbonyl (C=O) groups excluding carboxylic acids is 1. The molecule has 0 bridgehead atoms. The van der Waals surface area contributed by atoms with Gasteiger partial charge in [-0.1, -0.05) is 0 Å². The van der Waals surface area contributed by atoms with Gasteiger partial charge in [0.25, 0.3) is 5.91 Å². The van der Waals surface area contributed by atoms with E-state index in [4.69, 9.17) is 0 Å². The molecule has 1 aromatic carbocycles. The molecular formula is C16H18FN3O. The Morgan fingerprint density at radius 3 is 2.95 bits per heavy atom. The molecule has 1 N–H and O–H groups in total. The van der Waals surface area contributed by atoms with Crippen molar-refractivity contribution in [2.45, 2.75) is 19.4 Å². The highest BCUT2D eigenvalue weighted by molar-refractivity contribution is 5.98. The zero-order valence-electron chi connectivity index (χ0n) is 12.2. The van der Waals surface area contributed by atoms with Crippen molar-refractivity contribution < 1.29 is 9.18 Å². The topological polar surface area (TPSA) is 45.2 Å². The summed E-state index contributed by atoms with van der Waals surface area (Å²) in [4.78, 5) is 18.8. The van der Waals surface area contributed by atoms with Crippen LogP contribution in [-0.4, -0.2) is 42.0 Å². The summed E-state index contributed by atoms with van der Waals surface area (Å²) in [7, 11) is 1.83. The van der Waals surface area contributed by atoms with Crippen LogP contribution in [0.5, 0.6) is 0 Å². The summed E-state index contributed by atoms with van der Waals surface area (Å²) in [6.07, 6.45) is 0.966. The number of nitrogens with one attached hydrogen (secondary N) is 1. The van der Waals surface area contributed by atoms with E-state index in [2.05, 4.69) is 10.3 Å². The van der Waals surface area contributed by atoms with Crippen LogP contribution in [0.4, 0.5) is 4.39 Å². The molecule has 4 nitrogen and oxygen atoms in total. The molecule has 0 saturated carbocycles. The number of nitrogens with zero attached hydrogens (tertiary/aromatic N) is 2. The van der Waals surface area contributed by atoms with Gasteiger partial charge in [0.05, 0.1) is 16.8 Å². The Labute approximate surface area is 123 Å². The average molecular weight is 287 g/mol. The molecule has 2 heterocycles. The number of likely N-dealkylation sites (N-methyl/N-ethyl adjacent to an activating group) is 1. The fourth-order valence-corrected chi connectivity index (χ4v) is 2.78. The summed E-state index contributed by atoms with van der Waals surface area (Å²) in [5.74, 6) is -0.345. The number of hydrogen-bond acceptors (Lipinski definition) is 3. The predicted molar refractivity (Wildman–Crippen MR) is 79.8 cm³/mol. The maximum Gasteiger partial charge on any atom is 0.255 e. The normalized spacial score (nSPS) is 18.1. The highest BCUT2D eigenvalue weighted by atomic mass is 19.1. The van der Waals surface area contributed by atoms with E-state index in [1.54, 1.807) is 24.0 Å². The van der Waals surface area contributed by atoms with Crippen LogP contribution in [0.25, 0.3) is 10.9 Å². The molecule has 1 saturated heterocycles. The van der Waals surface area contributed by atoms with Crippen LogP contribution >= 0.6 is 0 Å². The molecule has 3 rings (SSSR count). The summed E-state index contributed by atoms with van der Waals surface area (Å²) in [5, 5.41) is 4.04. The first-order valence-electron chi connectivity index (χ1n) is 7.11. The van der Waals surface area contributed by atoms with Gasteiger partial charge in [0.1, 0.15) is 5.82 Å². The number of amides is 1. The van der Waals surface area contributed by atoms with Crippen molar-refractivity contribution in [1.29, 1.82) is 0 Å². The first-order chi connectivity index (χ1) is 10.1. The van der Waals surface area contributed by atoms with Crippen molar-refractivity contribution in [2.24, 2.45) is 0 Å². The van der Waals surface area contributed by atoms with Gasteiger partial charge in [0.2, 0.25) is 0 Å². The van der Waals surface area contributed by atoms with E-state index in [1.165, 1.54) is 12.1 Å². The molecule has 1 amide bonds. The molecule has 0 aliphatic carbocycles. The van der Waals surface area contributed by atoms with E-state index in [9.17, 15) is 9.18 Å². The molecule has 21 heavy (non-hydrogen) atoms. The van der Waals surface area contributed by atoms with Gasteiger partial charge in [0.15, 0.2) is 0 Å². The largest absolute Gasteiger partial charge is 0.337 e. The Kier molecular flexibility index (Phi) is 3.59. The van der Waals surface area contributed by atoms with Crippen LogP contribution in [-0.2, 0) is 0 Å². The van der Waals surface area contributed by atoms with Crippen LogP contribution in [0, 0.1) is 12.7 Å². The van der Waals surface area contributed by atoms with E-state index in [1.807, 2.05) is 7.05 Å². The van der Waals surface area contributed by atoms with Crippen molar-refractivity contribution in [1.82, 2.24) is 15.2 Å². The Bertz CT molecular complexity index is 695. The Morgan fingerprint density at radius 2 is 2.24 bits per heavy atom. The minimum Gasteiger partial charge on any atom is -0.337 e. The Balaban J connectivity index is 1.97. The van der Waals surface area contributed by atoms with Crippen LogP contribution in [0.2, 0.25) is 0 Å². The number of aryl methyl sites for hydroxylation is 1. The van der Waals surface area contributed by atoms with E-state index in [0.29, 0.717) is 16.8 Å². The number of carbonyl (C=O) groups is 1. The highest BCUT2D eigenvalue weighted by Crippen LogP contribution is 2.20. The number of halogens is 1. The van der Waals surface area contributed by atoms with Crippen LogP contribution in [0.15, 0.2) is 24.3 Å². The third kappa shape index (κ3) is 2.61. The molecular weight excluding hydrogens is 269 g/mol. The van der Waals surface area contributed by atoms with Crippen molar-refractivity contribution in [3.63, 3.8) is 0 Å². The molecule has 0 radical (unpaired) electrons. The third-order valence-electron chi connectivity index (χ3n) is 4.10. The molecule has 1 atom stereocenters. The lowest BCUT2D eigenvalue weighted by atomic mass is 10.1. The zero-order chi connectivity index (χ0) is 15.0. The molecule has 1 aromatic heterocycles. The Morgan fingerprint density at radius 1 is 1.43 bits per heavy atom. The summed E-state index contributed by atoms with van der Waals surface area (Å²) in [6, 6.07) is 6.46. The molecule has 1 unspecified atom stereocenters. The molecule has 2 aromatic rings. The smallest absolute Gasteiger partial charge is 0.255 e. The van der Waals surface area contributed by atoms with Crippen molar-refractivity contribution in [2.75, 3.05) is 20.1 Å². The Hall–Kier alpha value is -2.01. The standard InChI is InChI=1S/C16H18FN3O/c1-10-14(16(21)20(2)13-5-6-18-9-13)7-11-3-4-12(17)8-15(11)19-10/h3-4,7-8,13,18H,5-6,9H2,1-2H3. The van der Waals surface area contributed by atoms with E-state index in [0.717, 1.165) is 24.9 Å².